The van der Waals surface area contributed by atoms with Gasteiger partial charge in [-0.25, -0.2) is 0 Å². The Balaban J connectivity index is 1.36. The maximum Gasteiger partial charge on any atom is 0.226 e. The second-order valence-electron chi connectivity index (χ2n) is 7.94. The van der Waals surface area contributed by atoms with Crippen LogP contribution in [-0.4, -0.2) is 47.3 Å². The van der Waals surface area contributed by atoms with E-state index in [2.05, 4.69) is 18.2 Å². The number of nitrogens with zero attached hydrogens (tertiary/aromatic N) is 1. The minimum Gasteiger partial charge on any atom is -0.390 e. The number of aryl methyl sites for hydroxylation is 2. The molecule has 4 rings (SSSR count). The monoisotopic (exact) mass is 343 g/mol. The van der Waals surface area contributed by atoms with Gasteiger partial charge in [0, 0.05) is 19.7 Å². The van der Waals surface area contributed by atoms with Crippen molar-refractivity contribution in [2.45, 2.75) is 69.5 Å². The van der Waals surface area contributed by atoms with Crippen LogP contribution in [0, 0.1) is 0 Å². The molecule has 0 bridgehead atoms. The van der Waals surface area contributed by atoms with E-state index in [1.807, 2.05) is 4.90 Å². The number of hydrogen-bond acceptors (Lipinski definition) is 3. The van der Waals surface area contributed by atoms with E-state index in [1.165, 1.54) is 30.4 Å². The second kappa shape index (κ2) is 7.08. The lowest BCUT2D eigenvalue weighted by Gasteiger charge is -2.46. The minimum absolute atomic E-state index is 0.205. The van der Waals surface area contributed by atoms with Gasteiger partial charge in [0.2, 0.25) is 5.91 Å². The predicted molar refractivity (Wildman–Crippen MR) is 96.5 cm³/mol. The van der Waals surface area contributed by atoms with E-state index < -0.39 is 5.60 Å². The lowest BCUT2D eigenvalue weighted by Crippen LogP contribution is -2.56. The molecule has 3 aliphatic rings. The zero-order valence-electron chi connectivity index (χ0n) is 15.0. The van der Waals surface area contributed by atoms with Gasteiger partial charge in [0.05, 0.1) is 18.1 Å². The number of benzene rings is 1. The van der Waals surface area contributed by atoms with Crippen molar-refractivity contribution in [1.82, 2.24) is 4.90 Å². The first-order chi connectivity index (χ1) is 12.2. The Bertz CT molecular complexity index is 634. The van der Waals surface area contributed by atoms with Crippen molar-refractivity contribution in [2.75, 3.05) is 19.7 Å². The van der Waals surface area contributed by atoms with Gasteiger partial charge in [-0.2, -0.15) is 0 Å². The molecule has 136 valence electrons. The number of fused-ring (bicyclic) bond motifs is 1. The van der Waals surface area contributed by atoms with Gasteiger partial charge in [0.1, 0.15) is 0 Å². The normalized spacial score (nSPS) is 25.6. The first-order valence-electron chi connectivity index (χ1n) is 9.87. The highest BCUT2D eigenvalue weighted by molar-refractivity contribution is 5.79. The topological polar surface area (TPSA) is 49.8 Å². The molecule has 1 N–H and O–H groups in total. The molecule has 0 saturated carbocycles. The van der Waals surface area contributed by atoms with Gasteiger partial charge in [0.15, 0.2) is 0 Å². The van der Waals surface area contributed by atoms with E-state index in [1.54, 1.807) is 0 Å². The van der Waals surface area contributed by atoms with Crippen molar-refractivity contribution in [3.05, 3.63) is 34.9 Å². The Hall–Kier alpha value is -1.39. The maximum absolute atomic E-state index is 12.7. The number of carbonyl (C=O) groups excluding carboxylic acids is 1. The number of carbonyl (C=O) groups is 1. The number of aliphatic hydroxyl groups excluding tert-OH is 1. The van der Waals surface area contributed by atoms with Crippen LogP contribution >= 0.6 is 0 Å². The van der Waals surface area contributed by atoms with E-state index in [9.17, 15) is 9.90 Å². The number of aliphatic hydroxyl groups is 1. The Labute approximate surface area is 150 Å². The summed E-state index contributed by atoms with van der Waals surface area (Å²) in [5.41, 5.74) is 3.64. The van der Waals surface area contributed by atoms with E-state index in [0.717, 1.165) is 44.3 Å². The lowest BCUT2D eigenvalue weighted by atomic mass is 9.82. The number of ether oxygens (including phenoxy) is 1. The number of amides is 1. The van der Waals surface area contributed by atoms with Gasteiger partial charge in [-0.15, -0.1) is 0 Å². The Kier molecular flexibility index (Phi) is 4.83. The van der Waals surface area contributed by atoms with Gasteiger partial charge in [-0.1, -0.05) is 18.2 Å². The third-order valence-corrected chi connectivity index (χ3v) is 6.35. The van der Waals surface area contributed by atoms with Gasteiger partial charge in [-0.05, 0) is 68.1 Å². The molecule has 2 heterocycles. The molecule has 25 heavy (non-hydrogen) atoms. The molecule has 1 unspecified atom stereocenters. The fraction of sp³-hybridized carbons (Fsp3) is 0.667. The zero-order chi connectivity index (χ0) is 17.3. The molecule has 1 atom stereocenters. The van der Waals surface area contributed by atoms with E-state index in [4.69, 9.17) is 4.74 Å². The molecule has 4 heteroatoms. The highest BCUT2D eigenvalue weighted by Crippen LogP contribution is 2.35. The van der Waals surface area contributed by atoms with Gasteiger partial charge in [-0.3, -0.25) is 4.79 Å². The molecule has 1 aromatic rings. The summed E-state index contributed by atoms with van der Waals surface area (Å²) in [7, 11) is 0. The molecule has 4 nitrogen and oxygen atoms in total. The molecule has 0 aromatic heterocycles. The number of likely N-dealkylation sites (tertiary alicyclic amines) is 1. The molecule has 1 spiro atoms. The highest BCUT2D eigenvalue weighted by atomic mass is 16.5. The summed E-state index contributed by atoms with van der Waals surface area (Å²) in [5.74, 6) is 0.205. The summed E-state index contributed by atoms with van der Waals surface area (Å²) in [5, 5.41) is 10.3. The average molecular weight is 343 g/mol. The summed E-state index contributed by atoms with van der Waals surface area (Å²) < 4.78 is 5.94. The van der Waals surface area contributed by atoms with Crippen LogP contribution in [0.1, 0.15) is 55.2 Å². The third-order valence-electron chi connectivity index (χ3n) is 6.35. The quantitative estimate of drug-likeness (QED) is 0.898. The van der Waals surface area contributed by atoms with E-state index >= 15 is 0 Å². The molecular formula is C21H29NO3. The van der Waals surface area contributed by atoms with Crippen molar-refractivity contribution >= 4 is 5.91 Å². The van der Waals surface area contributed by atoms with Crippen molar-refractivity contribution in [3.8, 4) is 0 Å². The average Bonchev–Trinajstić information content (AvgIpc) is 2.65. The van der Waals surface area contributed by atoms with Gasteiger partial charge in [0.25, 0.3) is 0 Å². The predicted octanol–water partition coefficient (Wildman–Crippen LogP) is 2.64. The molecule has 2 fully saturated rings. The number of hydrogen-bond donors (Lipinski definition) is 1. The number of rotatable bonds is 2. The Morgan fingerprint density at radius 3 is 2.68 bits per heavy atom. The molecule has 2 saturated heterocycles. The SMILES string of the molecule is O=C(Cc1ccc2c(c1)CCCC2)N1CCC2(CC1)OCCCC2O. The highest BCUT2D eigenvalue weighted by Gasteiger charge is 2.44. The summed E-state index contributed by atoms with van der Waals surface area (Å²) in [4.78, 5) is 14.7. The molecule has 1 aliphatic carbocycles. The van der Waals surface area contributed by atoms with E-state index in [-0.39, 0.29) is 12.0 Å². The second-order valence-corrected chi connectivity index (χ2v) is 7.94. The van der Waals surface area contributed by atoms with Crippen LogP contribution in [-0.2, 0) is 28.8 Å². The smallest absolute Gasteiger partial charge is 0.226 e. The fourth-order valence-corrected chi connectivity index (χ4v) is 4.71. The summed E-state index contributed by atoms with van der Waals surface area (Å²) in [6, 6.07) is 6.59. The van der Waals surface area contributed by atoms with Gasteiger partial charge < -0.3 is 14.7 Å². The van der Waals surface area contributed by atoms with Crippen molar-refractivity contribution in [1.29, 1.82) is 0 Å². The summed E-state index contributed by atoms with van der Waals surface area (Å²) >= 11 is 0. The molecular weight excluding hydrogens is 314 g/mol. The Morgan fingerprint density at radius 2 is 1.92 bits per heavy atom. The lowest BCUT2D eigenvalue weighted by molar-refractivity contribution is -0.179. The Morgan fingerprint density at radius 1 is 1.16 bits per heavy atom. The van der Waals surface area contributed by atoms with Crippen LogP contribution in [0.2, 0.25) is 0 Å². The largest absolute Gasteiger partial charge is 0.390 e. The first kappa shape index (κ1) is 17.0. The third kappa shape index (κ3) is 3.47. The molecule has 0 radical (unpaired) electrons. The van der Waals surface area contributed by atoms with Crippen molar-refractivity contribution in [3.63, 3.8) is 0 Å². The minimum atomic E-state index is -0.402. The maximum atomic E-state index is 12.7. The molecule has 1 amide bonds. The van der Waals surface area contributed by atoms with Crippen molar-refractivity contribution in [2.24, 2.45) is 0 Å². The van der Waals surface area contributed by atoms with Crippen LogP contribution in [0.4, 0.5) is 0 Å². The summed E-state index contributed by atoms with van der Waals surface area (Å²) in [6.45, 7) is 2.13. The van der Waals surface area contributed by atoms with Crippen molar-refractivity contribution < 1.29 is 14.6 Å². The standard InChI is InChI=1S/C21H29NO3/c23-19-6-3-13-25-21(19)9-11-22(12-10-21)20(24)15-16-7-8-17-4-1-2-5-18(17)14-16/h7-8,14,19,23H,1-6,9-13,15H2. The van der Waals surface area contributed by atoms with Crippen LogP contribution in [0.3, 0.4) is 0 Å². The molecule has 1 aromatic carbocycles. The van der Waals surface area contributed by atoms with E-state index in [0.29, 0.717) is 19.5 Å². The van der Waals surface area contributed by atoms with Crippen LogP contribution < -0.4 is 0 Å². The zero-order valence-corrected chi connectivity index (χ0v) is 15.0. The van der Waals surface area contributed by atoms with Crippen LogP contribution in [0.25, 0.3) is 0 Å². The van der Waals surface area contributed by atoms with Crippen LogP contribution in [0.15, 0.2) is 18.2 Å². The van der Waals surface area contributed by atoms with Crippen LogP contribution in [0.5, 0.6) is 0 Å². The fourth-order valence-electron chi connectivity index (χ4n) is 4.71. The molecule has 2 aliphatic heterocycles. The number of piperidine rings is 1. The first-order valence-corrected chi connectivity index (χ1v) is 9.87. The summed E-state index contributed by atoms with van der Waals surface area (Å²) in [6.07, 6.45) is 8.26. The van der Waals surface area contributed by atoms with Gasteiger partial charge >= 0.3 is 0 Å².